The van der Waals surface area contributed by atoms with Crippen LogP contribution in [-0.4, -0.2) is 47.5 Å². The first-order valence-electron chi connectivity index (χ1n) is 12.0. The SMILES string of the molecule is C=C(C)C(=O)OCCSC(C)Oc1ccc(Cc2ccc(OC(C)SCCOC(=O)C(=C)C)cc2)cc1. The molecule has 6 nitrogen and oxygen atoms in total. The molecule has 0 saturated heterocycles. The fraction of sp³-hybridized carbons (Fsp3) is 0.379. The van der Waals surface area contributed by atoms with Crippen molar-refractivity contribution in [2.24, 2.45) is 0 Å². The zero-order chi connectivity index (χ0) is 27.2. The molecule has 0 saturated carbocycles. The molecule has 2 rings (SSSR count). The van der Waals surface area contributed by atoms with Gasteiger partial charge in [0, 0.05) is 22.7 Å². The Bertz CT molecular complexity index is 950. The van der Waals surface area contributed by atoms with Gasteiger partial charge in [-0.25, -0.2) is 9.59 Å². The summed E-state index contributed by atoms with van der Waals surface area (Å²) in [5.41, 5.74) is 3.05. The molecule has 200 valence electrons. The minimum Gasteiger partial charge on any atom is -0.480 e. The predicted octanol–water partition coefficient (Wildman–Crippen LogP) is 6.43. The lowest BCUT2D eigenvalue weighted by molar-refractivity contribution is -0.139. The number of thioether (sulfide) groups is 2. The molecule has 0 aliphatic rings. The zero-order valence-corrected chi connectivity index (χ0v) is 23.6. The van der Waals surface area contributed by atoms with E-state index in [4.69, 9.17) is 18.9 Å². The number of ether oxygens (including phenoxy) is 4. The Labute approximate surface area is 228 Å². The molecule has 8 heteroatoms. The highest BCUT2D eigenvalue weighted by molar-refractivity contribution is 7.99. The van der Waals surface area contributed by atoms with E-state index >= 15 is 0 Å². The van der Waals surface area contributed by atoms with E-state index in [2.05, 4.69) is 37.4 Å². The average molecular weight is 545 g/mol. The first-order valence-corrected chi connectivity index (χ1v) is 14.1. The minimum atomic E-state index is -0.365. The maximum Gasteiger partial charge on any atom is 0.333 e. The summed E-state index contributed by atoms with van der Waals surface area (Å²) < 4.78 is 22.1. The molecule has 0 heterocycles. The van der Waals surface area contributed by atoms with Crippen molar-refractivity contribution in [3.8, 4) is 11.5 Å². The van der Waals surface area contributed by atoms with E-state index in [0.29, 0.717) is 35.9 Å². The maximum atomic E-state index is 11.4. The van der Waals surface area contributed by atoms with Gasteiger partial charge in [-0.1, -0.05) is 37.4 Å². The van der Waals surface area contributed by atoms with Gasteiger partial charge >= 0.3 is 11.9 Å². The summed E-state index contributed by atoms with van der Waals surface area (Å²) in [6.07, 6.45) is 0.803. The Kier molecular flexibility index (Phi) is 13.2. The Morgan fingerprint density at radius 3 is 1.38 bits per heavy atom. The summed E-state index contributed by atoms with van der Waals surface area (Å²) in [6.45, 7) is 15.0. The van der Waals surface area contributed by atoms with Gasteiger partial charge in [-0.15, -0.1) is 23.5 Å². The van der Waals surface area contributed by atoms with Gasteiger partial charge in [0.1, 0.15) is 35.6 Å². The monoisotopic (exact) mass is 544 g/mol. The topological polar surface area (TPSA) is 71.1 Å². The van der Waals surface area contributed by atoms with Crippen LogP contribution in [0.3, 0.4) is 0 Å². The summed E-state index contributed by atoms with van der Waals surface area (Å²) >= 11 is 3.16. The fourth-order valence-electron chi connectivity index (χ4n) is 3.00. The third-order valence-electron chi connectivity index (χ3n) is 4.89. The molecule has 2 unspecified atom stereocenters. The summed E-state index contributed by atoms with van der Waals surface area (Å²) in [5.74, 6) is 2.17. The zero-order valence-electron chi connectivity index (χ0n) is 22.0. The first-order chi connectivity index (χ1) is 17.6. The second kappa shape index (κ2) is 16.1. The van der Waals surface area contributed by atoms with Gasteiger partial charge in [0.2, 0.25) is 0 Å². The fourth-order valence-corrected chi connectivity index (χ4v) is 4.38. The molecule has 2 aromatic rings. The van der Waals surface area contributed by atoms with Crippen molar-refractivity contribution in [3.63, 3.8) is 0 Å². The number of esters is 2. The van der Waals surface area contributed by atoms with Gasteiger partial charge in [0.25, 0.3) is 0 Å². The summed E-state index contributed by atoms with van der Waals surface area (Å²) in [4.78, 5) is 22.8. The predicted molar refractivity (Wildman–Crippen MR) is 152 cm³/mol. The van der Waals surface area contributed by atoms with Gasteiger partial charge < -0.3 is 18.9 Å². The summed E-state index contributed by atoms with van der Waals surface area (Å²) in [5, 5.41) is 0. The van der Waals surface area contributed by atoms with Crippen LogP contribution < -0.4 is 9.47 Å². The molecule has 2 atom stereocenters. The molecule has 0 radical (unpaired) electrons. The molecule has 0 bridgehead atoms. The molecular weight excluding hydrogens is 508 g/mol. The normalized spacial score (nSPS) is 12.2. The van der Waals surface area contributed by atoms with Crippen molar-refractivity contribution in [1.29, 1.82) is 0 Å². The van der Waals surface area contributed by atoms with Crippen molar-refractivity contribution in [3.05, 3.63) is 84.0 Å². The maximum absolute atomic E-state index is 11.4. The molecular formula is C29H36O6S2. The lowest BCUT2D eigenvalue weighted by Crippen LogP contribution is -2.12. The van der Waals surface area contributed by atoms with Gasteiger partial charge in [0.15, 0.2) is 0 Å². The van der Waals surface area contributed by atoms with Gasteiger partial charge in [-0.2, -0.15) is 0 Å². The molecule has 37 heavy (non-hydrogen) atoms. The molecule has 2 aromatic carbocycles. The smallest absolute Gasteiger partial charge is 0.333 e. The number of hydrogen-bond donors (Lipinski definition) is 0. The molecule has 0 aliphatic heterocycles. The van der Waals surface area contributed by atoms with Crippen molar-refractivity contribution >= 4 is 35.5 Å². The number of benzene rings is 2. The van der Waals surface area contributed by atoms with E-state index in [1.165, 1.54) is 11.1 Å². The first kappa shape index (κ1) is 30.4. The Balaban J connectivity index is 1.71. The Hall–Kier alpha value is -2.84. The summed E-state index contributed by atoms with van der Waals surface area (Å²) in [7, 11) is 0. The van der Waals surface area contributed by atoms with E-state index in [1.54, 1.807) is 37.4 Å². The van der Waals surface area contributed by atoms with Crippen molar-refractivity contribution in [1.82, 2.24) is 0 Å². The van der Waals surface area contributed by atoms with Crippen LogP contribution in [0.5, 0.6) is 11.5 Å². The highest BCUT2D eigenvalue weighted by Crippen LogP contribution is 2.22. The van der Waals surface area contributed by atoms with Crippen molar-refractivity contribution in [2.45, 2.75) is 45.0 Å². The van der Waals surface area contributed by atoms with E-state index in [0.717, 1.165) is 17.9 Å². The Morgan fingerprint density at radius 2 is 1.05 bits per heavy atom. The van der Waals surface area contributed by atoms with Crippen molar-refractivity contribution < 1.29 is 28.5 Å². The van der Waals surface area contributed by atoms with E-state index in [-0.39, 0.29) is 22.8 Å². The molecule has 0 N–H and O–H groups in total. The van der Waals surface area contributed by atoms with Crippen LogP contribution in [0.1, 0.15) is 38.8 Å². The second-order valence-electron chi connectivity index (χ2n) is 8.41. The van der Waals surface area contributed by atoms with Gasteiger partial charge in [-0.05, 0) is 69.5 Å². The van der Waals surface area contributed by atoms with E-state index < -0.39 is 0 Å². The van der Waals surface area contributed by atoms with Crippen LogP contribution in [0.15, 0.2) is 72.8 Å². The quantitative estimate of drug-likeness (QED) is 0.104. The van der Waals surface area contributed by atoms with E-state index in [9.17, 15) is 9.59 Å². The van der Waals surface area contributed by atoms with E-state index in [1.807, 2.05) is 38.1 Å². The lowest BCUT2D eigenvalue weighted by Gasteiger charge is -2.15. The molecule has 0 aliphatic carbocycles. The third kappa shape index (κ3) is 12.3. The van der Waals surface area contributed by atoms with Crippen LogP contribution in [0.2, 0.25) is 0 Å². The largest absolute Gasteiger partial charge is 0.480 e. The summed E-state index contributed by atoms with van der Waals surface area (Å²) in [6, 6.07) is 16.1. The highest BCUT2D eigenvalue weighted by Gasteiger charge is 2.09. The number of carbonyl (C=O) groups excluding carboxylic acids is 2. The van der Waals surface area contributed by atoms with Crippen LogP contribution in [0.25, 0.3) is 0 Å². The Morgan fingerprint density at radius 1 is 0.703 bits per heavy atom. The molecule has 0 amide bonds. The van der Waals surface area contributed by atoms with Crippen LogP contribution in [-0.2, 0) is 25.5 Å². The average Bonchev–Trinajstić information content (AvgIpc) is 2.86. The van der Waals surface area contributed by atoms with Gasteiger partial charge in [-0.3, -0.25) is 0 Å². The molecule has 0 aromatic heterocycles. The highest BCUT2D eigenvalue weighted by atomic mass is 32.2. The van der Waals surface area contributed by atoms with Crippen LogP contribution in [0.4, 0.5) is 0 Å². The number of hydrogen-bond acceptors (Lipinski definition) is 8. The number of rotatable bonds is 16. The third-order valence-corrected chi connectivity index (χ3v) is 6.83. The second-order valence-corrected chi connectivity index (χ2v) is 11.2. The minimum absolute atomic E-state index is 0.0613. The van der Waals surface area contributed by atoms with Gasteiger partial charge in [0.05, 0.1) is 0 Å². The standard InChI is InChI=1S/C29H36O6S2/c1-20(2)28(30)32-15-17-36-22(5)34-26-11-7-24(8-12-26)19-25-9-13-27(14-10-25)35-23(6)37-18-16-33-29(31)21(3)4/h7-14,22-23H,1,3,15-19H2,2,4-6H3. The van der Waals surface area contributed by atoms with Crippen molar-refractivity contribution in [2.75, 3.05) is 24.7 Å². The van der Waals surface area contributed by atoms with Crippen LogP contribution >= 0.6 is 23.5 Å². The molecule has 0 fully saturated rings. The molecule has 0 spiro atoms. The van der Waals surface area contributed by atoms with Crippen LogP contribution in [0, 0.1) is 0 Å². The lowest BCUT2D eigenvalue weighted by atomic mass is 10.0. The number of carbonyl (C=O) groups is 2.